The second kappa shape index (κ2) is 5.89. The van der Waals surface area contributed by atoms with Crippen LogP contribution in [0.15, 0.2) is 29.2 Å². The third-order valence-corrected chi connectivity index (χ3v) is 4.22. The van der Waals surface area contributed by atoms with E-state index < -0.39 is 6.10 Å². The molecule has 1 N–H and O–H groups in total. The lowest BCUT2D eigenvalue weighted by molar-refractivity contribution is 0.0700. The number of hydrogen-bond acceptors (Lipinski definition) is 3. The Labute approximate surface area is 107 Å². The maximum atomic E-state index is 9.53. The summed E-state index contributed by atoms with van der Waals surface area (Å²) in [5, 5.41) is 9.53. The van der Waals surface area contributed by atoms with Gasteiger partial charge in [0.05, 0.1) is 18.3 Å². The molecule has 1 aromatic carbocycles. The number of aliphatic hydroxyl groups is 1. The van der Waals surface area contributed by atoms with Gasteiger partial charge in [-0.15, -0.1) is 11.8 Å². The van der Waals surface area contributed by atoms with E-state index >= 15 is 0 Å². The summed E-state index contributed by atoms with van der Waals surface area (Å²) in [6.45, 7) is 3.93. The summed E-state index contributed by atoms with van der Waals surface area (Å²) in [6.07, 6.45) is 2.77. The minimum atomic E-state index is -0.390. The summed E-state index contributed by atoms with van der Waals surface area (Å²) >= 11 is 1.82. The molecule has 0 bridgehead atoms. The molecule has 1 fully saturated rings. The number of thioether (sulfide) groups is 1. The summed E-state index contributed by atoms with van der Waals surface area (Å²) in [5.74, 6) is 1.01. The Balaban J connectivity index is 1.88. The highest BCUT2D eigenvalue weighted by atomic mass is 32.2. The Morgan fingerprint density at radius 1 is 1.47 bits per heavy atom. The van der Waals surface area contributed by atoms with Crippen LogP contribution < -0.4 is 0 Å². The Morgan fingerprint density at radius 2 is 2.29 bits per heavy atom. The summed E-state index contributed by atoms with van der Waals surface area (Å²) < 4.78 is 5.79. The molecule has 1 heterocycles. The minimum absolute atomic E-state index is 0.390. The molecular weight excluding hydrogens is 232 g/mol. The monoisotopic (exact) mass is 252 g/mol. The Morgan fingerprint density at radius 3 is 2.94 bits per heavy atom. The van der Waals surface area contributed by atoms with Crippen molar-refractivity contribution >= 4 is 11.8 Å². The van der Waals surface area contributed by atoms with Crippen molar-refractivity contribution in [1.82, 2.24) is 0 Å². The molecule has 1 aliphatic heterocycles. The minimum Gasteiger partial charge on any atom is -0.389 e. The molecule has 17 heavy (non-hydrogen) atoms. The van der Waals surface area contributed by atoms with Gasteiger partial charge >= 0.3 is 0 Å². The van der Waals surface area contributed by atoms with Crippen molar-refractivity contribution in [2.24, 2.45) is 0 Å². The molecule has 0 spiro atoms. The van der Waals surface area contributed by atoms with Crippen LogP contribution in [-0.4, -0.2) is 23.1 Å². The number of benzene rings is 1. The van der Waals surface area contributed by atoms with Gasteiger partial charge in [-0.1, -0.05) is 12.1 Å². The molecule has 0 saturated carbocycles. The van der Waals surface area contributed by atoms with Crippen molar-refractivity contribution in [2.45, 2.75) is 49.9 Å². The summed E-state index contributed by atoms with van der Waals surface area (Å²) in [4.78, 5) is 1.21. The molecule has 0 aromatic heterocycles. The number of rotatable bonds is 4. The number of ether oxygens (including phenoxy) is 1. The fraction of sp³-hybridized carbons (Fsp3) is 0.571. The van der Waals surface area contributed by atoms with E-state index in [1.807, 2.05) is 23.9 Å². The molecular formula is C14H20O2S. The number of hydrogen-bond donors (Lipinski definition) is 1. The highest BCUT2D eigenvalue weighted by molar-refractivity contribution is 7.99. The quantitative estimate of drug-likeness (QED) is 0.833. The molecule has 1 aliphatic rings. The Hall–Kier alpha value is -0.510. The van der Waals surface area contributed by atoms with Crippen molar-refractivity contribution < 1.29 is 9.84 Å². The molecule has 3 heteroatoms. The highest BCUT2D eigenvalue weighted by Crippen LogP contribution is 2.27. The zero-order valence-electron chi connectivity index (χ0n) is 10.4. The molecule has 0 amide bonds. The largest absolute Gasteiger partial charge is 0.389 e. The summed E-state index contributed by atoms with van der Waals surface area (Å²) in [7, 11) is 0. The maximum Gasteiger partial charge on any atom is 0.0762 e. The van der Waals surface area contributed by atoms with Crippen LogP contribution in [0.3, 0.4) is 0 Å². The van der Waals surface area contributed by atoms with E-state index in [9.17, 15) is 5.11 Å². The van der Waals surface area contributed by atoms with E-state index in [0.29, 0.717) is 12.2 Å². The predicted octanol–water partition coefficient (Wildman–Crippen LogP) is 3.40. The van der Waals surface area contributed by atoms with Crippen LogP contribution in [-0.2, 0) is 4.74 Å². The van der Waals surface area contributed by atoms with Crippen LogP contribution in [0.2, 0.25) is 0 Å². The second-order valence-corrected chi connectivity index (χ2v) is 5.80. The first-order valence-corrected chi connectivity index (χ1v) is 7.20. The van der Waals surface area contributed by atoms with Gasteiger partial charge in [-0.25, -0.2) is 0 Å². The SMILES string of the molecule is CC1CCC(CSc2cccc(C(C)O)c2)O1. The van der Waals surface area contributed by atoms with Gasteiger partial charge in [0.15, 0.2) is 0 Å². The lowest BCUT2D eigenvalue weighted by atomic mass is 10.1. The molecule has 3 atom stereocenters. The van der Waals surface area contributed by atoms with Crippen LogP contribution in [0.4, 0.5) is 0 Å². The predicted molar refractivity (Wildman–Crippen MR) is 71.4 cm³/mol. The van der Waals surface area contributed by atoms with Crippen LogP contribution in [0, 0.1) is 0 Å². The van der Waals surface area contributed by atoms with Gasteiger partial charge in [0.25, 0.3) is 0 Å². The molecule has 94 valence electrons. The van der Waals surface area contributed by atoms with Crippen molar-refractivity contribution in [3.63, 3.8) is 0 Å². The zero-order chi connectivity index (χ0) is 12.3. The average molecular weight is 252 g/mol. The van der Waals surface area contributed by atoms with Gasteiger partial charge in [0, 0.05) is 10.6 Å². The van der Waals surface area contributed by atoms with E-state index in [2.05, 4.69) is 19.1 Å². The Kier molecular flexibility index (Phi) is 4.48. The van der Waals surface area contributed by atoms with Gasteiger partial charge in [-0.2, -0.15) is 0 Å². The van der Waals surface area contributed by atoms with Gasteiger partial charge in [-0.3, -0.25) is 0 Å². The molecule has 0 radical (unpaired) electrons. The fourth-order valence-corrected chi connectivity index (χ4v) is 3.08. The molecule has 3 unspecified atom stereocenters. The van der Waals surface area contributed by atoms with E-state index in [-0.39, 0.29) is 0 Å². The topological polar surface area (TPSA) is 29.5 Å². The average Bonchev–Trinajstić information content (AvgIpc) is 2.73. The van der Waals surface area contributed by atoms with Gasteiger partial charge in [0.1, 0.15) is 0 Å². The Bertz CT molecular complexity index is 365. The van der Waals surface area contributed by atoms with E-state index in [4.69, 9.17) is 4.74 Å². The van der Waals surface area contributed by atoms with Crippen LogP contribution in [0.1, 0.15) is 38.4 Å². The van der Waals surface area contributed by atoms with E-state index in [1.54, 1.807) is 6.92 Å². The molecule has 0 aliphatic carbocycles. The standard InChI is InChI=1S/C14H20O2S/c1-10-6-7-13(16-10)9-17-14-5-3-4-12(8-14)11(2)15/h3-5,8,10-11,13,15H,6-7,9H2,1-2H3. The van der Waals surface area contributed by atoms with Gasteiger partial charge in [0.2, 0.25) is 0 Å². The fourth-order valence-electron chi connectivity index (χ4n) is 2.06. The summed E-state index contributed by atoms with van der Waals surface area (Å²) in [6, 6.07) is 8.12. The smallest absolute Gasteiger partial charge is 0.0762 e. The van der Waals surface area contributed by atoms with E-state index in [1.165, 1.54) is 17.7 Å². The van der Waals surface area contributed by atoms with Crippen molar-refractivity contribution in [3.05, 3.63) is 29.8 Å². The first-order chi connectivity index (χ1) is 8.15. The normalized spacial score (nSPS) is 26.1. The van der Waals surface area contributed by atoms with Crippen molar-refractivity contribution in [3.8, 4) is 0 Å². The first kappa shape index (κ1) is 12.9. The van der Waals surface area contributed by atoms with Crippen LogP contribution in [0.5, 0.6) is 0 Å². The number of aliphatic hydroxyl groups excluding tert-OH is 1. The van der Waals surface area contributed by atoms with Crippen molar-refractivity contribution in [1.29, 1.82) is 0 Å². The molecule has 2 nitrogen and oxygen atoms in total. The molecule has 2 rings (SSSR count). The molecule has 1 aromatic rings. The zero-order valence-corrected chi connectivity index (χ0v) is 11.2. The van der Waals surface area contributed by atoms with E-state index in [0.717, 1.165) is 11.3 Å². The van der Waals surface area contributed by atoms with Crippen LogP contribution >= 0.6 is 11.8 Å². The lowest BCUT2D eigenvalue weighted by Crippen LogP contribution is -2.10. The third-order valence-electron chi connectivity index (χ3n) is 3.10. The van der Waals surface area contributed by atoms with Crippen molar-refractivity contribution in [2.75, 3.05) is 5.75 Å². The molecule has 1 saturated heterocycles. The summed E-state index contributed by atoms with van der Waals surface area (Å²) in [5.41, 5.74) is 0.982. The van der Waals surface area contributed by atoms with Gasteiger partial charge < -0.3 is 9.84 Å². The first-order valence-electron chi connectivity index (χ1n) is 6.21. The second-order valence-electron chi connectivity index (χ2n) is 4.71. The van der Waals surface area contributed by atoms with Crippen LogP contribution in [0.25, 0.3) is 0 Å². The highest BCUT2D eigenvalue weighted by Gasteiger charge is 2.21. The van der Waals surface area contributed by atoms with Gasteiger partial charge in [-0.05, 0) is 44.4 Å². The maximum absolute atomic E-state index is 9.53. The lowest BCUT2D eigenvalue weighted by Gasteiger charge is -2.11. The third kappa shape index (κ3) is 3.73.